The molecule has 0 amide bonds. The molecule has 0 aromatic heterocycles. The zero-order valence-corrected chi connectivity index (χ0v) is 12.7. The fourth-order valence-electron chi connectivity index (χ4n) is 1.64. The van der Waals surface area contributed by atoms with E-state index in [1.807, 2.05) is 6.92 Å². The van der Waals surface area contributed by atoms with Crippen LogP contribution < -0.4 is 10.5 Å². The van der Waals surface area contributed by atoms with Crippen LogP contribution in [0.25, 0.3) is 0 Å². The number of hydrogen-bond donors (Lipinski definition) is 2. The Morgan fingerprint density at radius 2 is 2.00 bits per heavy atom. The van der Waals surface area contributed by atoms with E-state index in [0.717, 1.165) is 25.0 Å². The maximum atomic E-state index is 13.5. The summed E-state index contributed by atoms with van der Waals surface area (Å²) >= 11 is 0. The summed E-state index contributed by atoms with van der Waals surface area (Å²) in [6, 6.07) is 1.83. The van der Waals surface area contributed by atoms with E-state index in [-0.39, 0.29) is 19.0 Å². The fourth-order valence-corrected chi connectivity index (χ4v) is 3.01. The molecule has 0 spiro atoms. The summed E-state index contributed by atoms with van der Waals surface area (Å²) in [5.74, 6) is -1.79. The zero-order valence-electron chi connectivity index (χ0n) is 11.1. The van der Waals surface area contributed by atoms with E-state index < -0.39 is 32.6 Å². The standard InChI is InChI=1S/C12H18F2N2O2S.ClH/c1-2-3-4-10(8-15)16-19(17,18)12-7-9(13)5-6-11(12)14;/h5-7,10,16H,2-4,8,15H2,1H3;1H. The number of nitrogens with one attached hydrogen (secondary N) is 1. The highest BCUT2D eigenvalue weighted by Gasteiger charge is 2.23. The molecule has 0 radical (unpaired) electrons. The van der Waals surface area contributed by atoms with Gasteiger partial charge in [0.1, 0.15) is 16.5 Å². The Morgan fingerprint density at radius 1 is 1.35 bits per heavy atom. The highest BCUT2D eigenvalue weighted by molar-refractivity contribution is 7.89. The third-order valence-corrected chi connectivity index (χ3v) is 4.23. The summed E-state index contributed by atoms with van der Waals surface area (Å²) < 4.78 is 52.7. The lowest BCUT2D eigenvalue weighted by Gasteiger charge is -2.16. The molecule has 116 valence electrons. The maximum absolute atomic E-state index is 13.5. The molecule has 0 saturated carbocycles. The second-order valence-electron chi connectivity index (χ2n) is 4.27. The van der Waals surface area contributed by atoms with Gasteiger partial charge in [0.2, 0.25) is 10.0 Å². The van der Waals surface area contributed by atoms with Crippen molar-refractivity contribution in [3.8, 4) is 0 Å². The molecule has 4 nitrogen and oxygen atoms in total. The largest absolute Gasteiger partial charge is 0.329 e. The van der Waals surface area contributed by atoms with Crippen molar-refractivity contribution in [1.82, 2.24) is 4.72 Å². The third-order valence-electron chi connectivity index (χ3n) is 2.70. The minimum absolute atomic E-state index is 0. The Balaban J connectivity index is 0.00000361. The van der Waals surface area contributed by atoms with Crippen LogP contribution >= 0.6 is 12.4 Å². The maximum Gasteiger partial charge on any atom is 0.243 e. The van der Waals surface area contributed by atoms with E-state index >= 15 is 0 Å². The number of benzene rings is 1. The number of unbranched alkanes of at least 4 members (excludes halogenated alkanes) is 1. The third kappa shape index (κ3) is 5.32. The number of sulfonamides is 1. The Labute approximate surface area is 124 Å². The van der Waals surface area contributed by atoms with Crippen LogP contribution in [0.4, 0.5) is 8.78 Å². The second kappa shape index (κ2) is 8.51. The summed E-state index contributed by atoms with van der Waals surface area (Å²) in [4.78, 5) is -0.692. The highest BCUT2D eigenvalue weighted by atomic mass is 35.5. The van der Waals surface area contributed by atoms with Crippen LogP contribution in [0.3, 0.4) is 0 Å². The van der Waals surface area contributed by atoms with E-state index in [0.29, 0.717) is 12.5 Å². The van der Waals surface area contributed by atoms with Crippen LogP contribution in [-0.2, 0) is 10.0 Å². The lowest BCUT2D eigenvalue weighted by atomic mass is 10.1. The molecule has 8 heteroatoms. The molecule has 0 aliphatic heterocycles. The predicted molar refractivity (Wildman–Crippen MR) is 76.3 cm³/mol. The van der Waals surface area contributed by atoms with Crippen LogP contribution in [0, 0.1) is 11.6 Å². The average molecular weight is 329 g/mol. The highest BCUT2D eigenvalue weighted by Crippen LogP contribution is 2.16. The summed E-state index contributed by atoms with van der Waals surface area (Å²) in [5.41, 5.74) is 5.47. The van der Waals surface area contributed by atoms with Gasteiger partial charge in [-0.15, -0.1) is 12.4 Å². The molecular formula is C12H19ClF2N2O2S. The van der Waals surface area contributed by atoms with Crippen molar-refractivity contribution in [3.05, 3.63) is 29.8 Å². The van der Waals surface area contributed by atoms with Crippen molar-refractivity contribution in [2.75, 3.05) is 6.54 Å². The summed E-state index contributed by atoms with van der Waals surface area (Å²) in [6.07, 6.45) is 2.26. The first-order valence-electron chi connectivity index (χ1n) is 6.08. The molecule has 20 heavy (non-hydrogen) atoms. The number of halogens is 3. The molecule has 1 aromatic carbocycles. The summed E-state index contributed by atoms with van der Waals surface area (Å²) in [7, 11) is -4.10. The molecule has 3 N–H and O–H groups in total. The molecule has 0 aliphatic rings. The number of hydrogen-bond acceptors (Lipinski definition) is 3. The average Bonchev–Trinajstić information content (AvgIpc) is 2.37. The van der Waals surface area contributed by atoms with E-state index in [2.05, 4.69) is 4.72 Å². The molecule has 0 fully saturated rings. The van der Waals surface area contributed by atoms with Crippen LogP contribution in [0.15, 0.2) is 23.1 Å². The van der Waals surface area contributed by atoms with Gasteiger partial charge in [0, 0.05) is 12.6 Å². The molecule has 0 saturated heterocycles. The molecule has 0 aliphatic carbocycles. The minimum atomic E-state index is -4.10. The molecular weight excluding hydrogens is 310 g/mol. The van der Waals surface area contributed by atoms with Crippen molar-refractivity contribution in [2.45, 2.75) is 37.1 Å². The van der Waals surface area contributed by atoms with Crippen LogP contribution in [-0.4, -0.2) is 21.0 Å². The van der Waals surface area contributed by atoms with Gasteiger partial charge in [-0.25, -0.2) is 21.9 Å². The van der Waals surface area contributed by atoms with Gasteiger partial charge < -0.3 is 5.73 Å². The second-order valence-corrected chi connectivity index (χ2v) is 5.95. The first-order valence-corrected chi connectivity index (χ1v) is 7.56. The van der Waals surface area contributed by atoms with Crippen LogP contribution in [0.1, 0.15) is 26.2 Å². The summed E-state index contributed by atoms with van der Waals surface area (Å²) in [5, 5.41) is 0. The van der Waals surface area contributed by atoms with Gasteiger partial charge in [0.25, 0.3) is 0 Å². The van der Waals surface area contributed by atoms with Crippen molar-refractivity contribution in [3.63, 3.8) is 0 Å². The van der Waals surface area contributed by atoms with Crippen LogP contribution in [0.2, 0.25) is 0 Å². The van der Waals surface area contributed by atoms with Gasteiger partial charge in [0.15, 0.2) is 0 Å². The molecule has 1 atom stereocenters. The normalized spacial score (nSPS) is 12.8. The first-order chi connectivity index (χ1) is 8.90. The lowest BCUT2D eigenvalue weighted by molar-refractivity contribution is 0.506. The quantitative estimate of drug-likeness (QED) is 0.806. The summed E-state index contributed by atoms with van der Waals surface area (Å²) in [6.45, 7) is 2.07. The van der Waals surface area contributed by atoms with Gasteiger partial charge in [-0.1, -0.05) is 19.8 Å². The van der Waals surface area contributed by atoms with Crippen molar-refractivity contribution in [2.24, 2.45) is 5.73 Å². The zero-order chi connectivity index (χ0) is 14.5. The van der Waals surface area contributed by atoms with E-state index in [9.17, 15) is 17.2 Å². The van der Waals surface area contributed by atoms with Gasteiger partial charge in [0.05, 0.1) is 0 Å². The van der Waals surface area contributed by atoms with Crippen molar-refractivity contribution < 1.29 is 17.2 Å². The van der Waals surface area contributed by atoms with E-state index in [1.165, 1.54) is 0 Å². The van der Waals surface area contributed by atoms with Gasteiger partial charge >= 0.3 is 0 Å². The Morgan fingerprint density at radius 3 is 2.55 bits per heavy atom. The molecule has 0 heterocycles. The number of rotatable bonds is 7. The minimum Gasteiger partial charge on any atom is -0.329 e. The fraction of sp³-hybridized carbons (Fsp3) is 0.500. The molecule has 1 aromatic rings. The van der Waals surface area contributed by atoms with Gasteiger partial charge in [-0.2, -0.15) is 0 Å². The van der Waals surface area contributed by atoms with Crippen LogP contribution in [0.5, 0.6) is 0 Å². The Hall–Kier alpha value is -0.760. The van der Waals surface area contributed by atoms with Gasteiger partial charge in [-0.3, -0.25) is 0 Å². The lowest BCUT2D eigenvalue weighted by Crippen LogP contribution is -2.40. The van der Waals surface area contributed by atoms with Crippen molar-refractivity contribution in [1.29, 1.82) is 0 Å². The first kappa shape index (κ1) is 19.2. The topological polar surface area (TPSA) is 72.2 Å². The molecule has 0 bridgehead atoms. The Kier molecular flexibility index (Phi) is 8.19. The van der Waals surface area contributed by atoms with E-state index in [4.69, 9.17) is 5.73 Å². The smallest absolute Gasteiger partial charge is 0.243 e. The molecule has 1 unspecified atom stereocenters. The monoisotopic (exact) mass is 328 g/mol. The Bertz CT molecular complexity index is 526. The SMILES string of the molecule is CCCCC(CN)NS(=O)(=O)c1cc(F)ccc1F.Cl. The van der Waals surface area contributed by atoms with E-state index in [1.54, 1.807) is 0 Å². The van der Waals surface area contributed by atoms with Crippen molar-refractivity contribution >= 4 is 22.4 Å². The molecule has 1 rings (SSSR count). The predicted octanol–water partition coefficient (Wildman–Crippen LogP) is 2.18. The number of nitrogens with two attached hydrogens (primary N) is 1. The van der Waals surface area contributed by atoms with Gasteiger partial charge in [-0.05, 0) is 24.6 Å².